The normalized spacial score (nSPS) is 36.4. The Hall–Kier alpha value is -0.160. The molecule has 2 fully saturated rings. The van der Waals surface area contributed by atoms with Gasteiger partial charge in [0.15, 0.2) is 0 Å². The Morgan fingerprint density at radius 2 is 2.00 bits per heavy atom. The molecule has 0 amide bonds. The zero-order chi connectivity index (χ0) is 12.3. The molecule has 2 aliphatic heterocycles. The van der Waals surface area contributed by atoms with Crippen molar-refractivity contribution >= 4 is 0 Å². The van der Waals surface area contributed by atoms with Crippen LogP contribution in [0.5, 0.6) is 0 Å². The van der Waals surface area contributed by atoms with Crippen LogP contribution in [0, 0.1) is 5.92 Å². The number of nitrogens with zero attached hydrogens (tertiary/aromatic N) is 1. The summed E-state index contributed by atoms with van der Waals surface area (Å²) in [5.74, 6) is 0.572. The maximum absolute atomic E-state index is 6.09. The van der Waals surface area contributed by atoms with Gasteiger partial charge in [0.05, 0.1) is 19.3 Å². The standard InChI is InChI=1S/C13H26N2O2/c1-11(2)12-9-13(10-14,3-6-17-12)15-4-7-16-8-5-15/h11-12H,3-10,14H2,1-2H3. The van der Waals surface area contributed by atoms with E-state index < -0.39 is 0 Å². The number of ether oxygens (including phenoxy) is 2. The minimum atomic E-state index is 0.150. The second kappa shape index (κ2) is 5.65. The highest BCUT2D eigenvalue weighted by molar-refractivity contribution is 4.97. The molecule has 0 aromatic heterocycles. The van der Waals surface area contributed by atoms with Crippen molar-refractivity contribution in [1.29, 1.82) is 0 Å². The summed E-state index contributed by atoms with van der Waals surface area (Å²) in [5.41, 5.74) is 6.24. The van der Waals surface area contributed by atoms with Crippen LogP contribution in [0.4, 0.5) is 0 Å². The van der Waals surface area contributed by atoms with E-state index in [2.05, 4.69) is 18.7 Å². The summed E-state index contributed by atoms with van der Waals surface area (Å²) < 4.78 is 11.3. The zero-order valence-electron chi connectivity index (χ0n) is 11.2. The van der Waals surface area contributed by atoms with Crippen molar-refractivity contribution in [2.45, 2.75) is 38.3 Å². The van der Waals surface area contributed by atoms with E-state index in [1.807, 2.05) is 0 Å². The molecular weight excluding hydrogens is 216 g/mol. The van der Waals surface area contributed by atoms with Gasteiger partial charge in [0, 0.05) is 31.8 Å². The van der Waals surface area contributed by atoms with Gasteiger partial charge in [0.25, 0.3) is 0 Å². The Morgan fingerprint density at radius 3 is 2.59 bits per heavy atom. The molecule has 0 spiro atoms. The topological polar surface area (TPSA) is 47.7 Å². The molecule has 17 heavy (non-hydrogen) atoms. The van der Waals surface area contributed by atoms with Gasteiger partial charge in [-0.3, -0.25) is 4.90 Å². The smallest absolute Gasteiger partial charge is 0.0616 e. The number of morpholine rings is 1. The summed E-state index contributed by atoms with van der Waals surface area (Å²) >= 11 is 0. The Bertz CT molecular complexity index is 242. The van der Waals surface area contributed by atoms with E-state index in [9.17, 15) is 0 Å². The summed E-state index contributed by atoms with van der Waals surface area (Å²) in [6.07, 6.45) is 2.49. The third-order valence-electron chi connectivity index (χ3n) is 4.29. The van der Waals surface area contributed by atoms with E-state index in [1.165, 1.54) is 0 Å². The van der Waals surface area contributed by atoms with Crippen LogP contribution < -0.4 is 5.73 Å². The molecule has 0 radical (unpaired) electrons. The monoisotopic (exact) mass is 242 g/mol. The highest BCUT2D eigenvalue weighted by Gasteiger charge is 2.41. The van der Waals surface area contributed by atoms with Crippen molar-refractivity contribution in [2.75, 3.05) is 39.5 Å². The maximum atomic E-state index is 6.09. The van der Waals surface area contributed by atoms with Crippen LogP contribution >= 0.6 is 0 Å². The molecule has 0 aromatic carbocycles. The quantitative estimate of drug-likeness (QED) is 0.797. The lowest BCUT2D eigenvalue weighted by atomic mass is 9.81. The van der Waals surface area contributed by atoms with Gasteiger partial charge >= 0.3 is 0 Å². The summed E-state index contributed by atoms with van der Waals surface area (Å²) in [5, 5.41) is 0. The molecule has 2 saturated heterocycles. The minimum absolute atomic E-state index is 0.150. The molecule has 2 rings (SSSR count). The average Bonchev–Trinajstić information content (AvgIpc) is 2.39. The first-order valence-electron chi connectivity index (χ1n) is 6.82. The third-order valence-corrected chi connectivity index (χ3v) is 4.29. The van der Waals surface area contributed by atoms with Crippen molar-refractivity contribution in [1.82, 2.24) is 4.90 Å². The summed E-state index contributed by atoms with van der Waals surface area (Å²) in [6.45, 7) is 9.76. The first-order valence-corrected chi connectivity index (χ1v) is 6.82. The molecule has 2 N–H and O–H groups in total. The minimum Gasteiger partial charge on any atom is -0.379 e. The summed E-state index contributed by atoms with van der Waals surface area (Å²) in [7, 11) is 0. The van der Waals surface area contributed by atoms with Gasteiger partial charge in [-0.2, -0.15) is 0 Å². The summed E-state index contributed by atoms with van der Waals surface area (Å²) in [4.78, 5) is 2.54. The van der Waals surface area contributed by atoms with Crippen LogP contribution in [0.1, 0.15) is 26.7 Å². The average molecular weight is 242 g/mol. The van der Waals surface area contributed by atoms with Crippen LogP contribution in [-0.2, 0) is 9.47 Å². The Balaban J connectivity index is 2.06. The lowest BCUT2D eigenvalue weighted by Crippen LogP contribution is -2.61. The van der Waals surface area contributed by atoms with Gasteiger partial charge in [0.2, 0.25) is 0 Å². The number of rotatable bonds is 3. The molecular formula is C13H26N2O2. The SMILES string of the molecule is CC(C)C1CC(CN)(N2CCOCC2)CCO1. The molecule has 4 heteroatoms. The molecule has 0 aromatic rings. The van der Waals surface area contributed by atoms with E-state index in [1.54, 1.807) is 0 Å². The van der Waals surface area contributed by atoms with Gasteiger partial charge < -0.3 is 15.2 Å². The molecule has 100 valence electrons. The van der Waals surface area contributed by atoms with Gasteiger partial charge in [-0.25, -0.2) is 0 Å². The second-order valence-corrected chi connectivity index (χ2v) is 5.64. The fourth-order valence-corrected chi connectivity index (χ4v) is 3.00. The molecule has 0 bridgehead atoms. The van der Waals surface area contributed by atoms with E-state index in [0.29, 0.717) is 12.0 Å². The second-order valence-electron chi connectivity index (χ2n) is 5.64. The Kier molecular flexibility index (Phi) is 4.42. The number of nitrogens with two attached hydrogens (primary N) is 1. The van der Waals surface area contributed by atoms with Crippen LogP contribution in [0.25, 0.3) is 0 Å². The van der Waals surface area contributed by atoms with E-state index in [-0.39, 0.29) is 5.54 Å². The highest BCUT2D eigenvalue weighted by Crippen LogP contribution is 2.33. The number of hydrogen-bond donors (Lipinski definition) is 1. The summed E-state index contributed by atoms with van der Waals surface area (Å²) in [6, 6.07) is 0. The zero-order valence-corrected chi connectivity index (χ0v) is 11.2. The highest BCUT2D eigenvalue weighted by atomic mass is 16.5. The van der Waals surface area contributed by atoms with E-state index in [4.69, 9.17) is 15.2 Å². The molecule has 0 aliphatic carbocycles. The fourth-order valence-electron chi connectivity index (χ4n) is 3.00. The van der Waals surface area contributed by atoms with Crippen LogP contribution in [0.15, 0.2) is 0 Å². The molecule has 2 heterocycles. The van der Waals surface area contributed by atoms with Gasteiger partial charge in [-0.1, -0.05) is 13.8 Å². The Labute approximate surface area is 104 Å². The molecule has 2 unspecified atom stereocenters. The van der Waals surface area contributed by atoms with Crippen LogP contribution in [0.3, 0.4) is 0 Å². The van der Waals surface area contributed by atoms with E-state index in [0.717, 1.165) is 52.3 Å². The lowest BCUT2D eigenvalue weighted by molar-refractivity contribution is -0.108. The third kappa shape index (κ3) is 2.81. The first-order chi connectivity index (χ1) is 8.18. The Morgan fingerprint density at radius 1 is 1.29 bits per heavy atom. The van der Waals surface area contributed by atoms with Crippen LogP contribution in [-0.4, -0.2) is 56.0 Å². The van der Waals surface area contributed by atoms with E-state index >= 15 is 0 Å². The van der Waals surface area contributed by atoms with Crippen molar-refractivity contribution in [3.8, 4) is 0 Å². The first kappa shape index (κ1) is 13.3. The molecule has 2 aliphatic rings. The molecule has 4 nitrogen and oxygen atoms in total. The molecule has 0 saturated carbocycles. The van der Waals surface area contributed by atoms with Crippen LogP contribution in [0.2, 0.25) is 0 Å². The van der Waals surface area contributed by atoms with Gasteiger partial charge in [-0.15, -0.1) is 0 Å². The largest absolute Gasteiger partial charge is 0.379 e. The van der Waals surface area contributed by atoms with Crippen molar-refractivity contribution < 1.29 is 9.47 Å². The predicted molar refractivity (Wildman–Crippen MR) is 68.0 cm³/mol. The molecule has 2 atom stereocenters. The van der Waals surface area contributed by atoms with Crippen molar-refractivity contribution in [2.24, 2.45) is 11.7 Å². The lowest BCUT2D eigenvalue weighted by Gasteiger charge is -2.50. The van der Waals surface area contributed by atoms with Gasteiger partial charge in [0.1, 0.15) is 0 Å². The maximum Gasteiger partial charge on any atom is 0.0616 e. The predicted octanol–water partition coefficient (Wildman–Crippen LogP) is 0.851. The number of hydrogen-bond acceptors (Lipinski definition) is 4. The fraction of sp³-hybridized carbons (Fsp3) is 1.00. The van der Waals surface area contributed by atoms with Crippen molar-refractivity contribution in [3.63, 3.8) is 0 Å². The van der Waals surface area contributed by atoms with Gasteiger partial charge in [-0.05, 0) is 18.8 Å². The van der Waals surface area contributed by atoms with Crippen molar-refractivity contribution in [3.05, 3.63) is 0 Å².